The molecule has 0 saturated carbocycles. The lowest BCUT2D eigenvalue weighted by atomic mass is 10.1. The second kappa shape index (κ2) is 6.81. The van der Waals surface area contributed by atoms with Gasteiger partial charge in [0.15, 0.2) is 0 Å². The Bertz CT molecular complexity index is 371. The number of aliphatic hydroxyl groups excluding tert-OH is 2. The highest BCUT2D eigenvalue weighted by Gasteiger charge is 2.07. The van der Waals surface area contributed by atoms with Gasteiger partial charge in [-0.2, -0.15) is 0 Å². The van der Waals surface area contributed by atoms with Gasteiger partial charge in [0.2, 0.25) is 0 Å². The van der Waals surface area contributed by atoms with Crippen LogP contribution in [0.25, 0.3) is 0 Å². The fourth-order valence-corrected chi connectivity index (χ4v) is 1.65. The van der Waals surface area contributed by atoms with E-state index in [0.29, 0.717) is 18.1 Å². The number of hydrogen-bond donors (Lipinski definition) is 3. The Morgan fingerprint density at radius 1 is 1.47 bits per heavy atom. The fourth-order valence-electron chi connectivity index (χ4n) is 1.46. The van der Waals surface area contributed by atoms with Crippen LogP contribution in [-0.4, -0.2) is 36.6 Å². The number of benzene rings is 1. The highest BCUT2D eigenvalue weighted by atomic mass is 35.5. The van der Waals surface area contributed by atoms with Crippen molar-refractivity contribution in [3.8, 4) is 5.75 Å². The van der Waals surface area contributed by atoms with Crippen LogP contribution in [0.3, 0.4) is 0 Å². The number of hydrogen-bond acceptors (Lipinski definition) is 4. The van der Waals surface area contributed by atoms with Crippen molar-refractivity contribution in [3.05, 3.63) is 28.3 Å². The van der Waals surface area contributed by atoms with E-state index in [1.807, 2.05) is 19.1 Å². The summed E-state index contributed by atoms with van der Waals surface area (Å²) in [7, 11) is 1.61. The Hall–Kier alpha value is -0.810. The van der Waals surface area contributed by atoms with Crippen LogP contribution in [0.15, 0.2) is 12.1 Å². The summed E-state index contributed by atoms with van der Waals surface area (Å²) in [6, 6.07) is 3.72. The lowest BCUT2D eigenvalue weighted by molar-refractivity contribution is 0.0942. The summed E-state index contributed by atoms with van der Waals surface area (Å²) in [6.45, 7) is 2.52. The van der Waals surface area contributed by atoms with Crippen molar-refractivity contribution in [1.29, 1.82) is 0 Å². The molecule has 1 atom stereocenters. The Balaban J connectivity index is 2.66. The van der Waals surface area contributed by atoms with E-state index in [9.17, 15) is 5.11 Å². The Morgan fingerprint density at radius 2 is 2.18 bits per heavy atom. The van der Waals surface area contributed by atoms with Crippen molar-refractivity contribution >= 4 is 11.6 Å². The van der Waals surface area contributed by atoms with Crippen LogP contribution in [0.2, 0.25) is 5.02 Å². The molecule has 1 aromatic rings. The topological polar surface area (TPSA) is 61.7 Å². The molecule has 1 aromatic carbocycles. The first-order chi connectivity index (χ1) is 8.08. The van der Waals surface area contributed by atoms with Gasteiger partial charge in [0.25, 0.3) is 0 Å². The monoisotopic (exact) mass is 259 g/mol. The third-order valence-corrected chi connectivity index (χ3v) is 2.88. The summed E-state index contributed by atoms with van der Waals surface area (Å²) < 4.78 is 5.25. The zero-order chi connectivity index (χ0) is 12.8. The fraction of sp³-hybridized carbons (Fsp3) is 0.500. The molecular weight excluding hydrogens is 242 g/mol. The number of aryl methyl sites for hydroxylation is 1. The number of nitrogens with one attached hydrogen (secondary N) is 1. The standard InChI is InChI=1S/C12H18ClNO3/c1-8-3-12(17-2)9(4-11(8)13)5-14-6-10(16)7-15/h3-4,10,14-16H,5-7H2,1-2H3. The van der Waals surface area contributed by atoms with Crippen LogP contribution in [0.1, 0.15) is 11.1 Å². The first-order valence-electron chi connectivity index (χ1n) is 5.41. The van der Waals surface area contributed by atoms with Crippen molar-refractivity contribution in [1.82, 2.24) is 5.32 Å². The van der Waals surface area contributed by atoms with Crippen LogP contribution < -0.4 is 10.1 Å². The molecule has 0 fully saturated rings. The molecule has 0 spiro atoms. The van der Waals surface area contributed by atoms with Crippen molar-refractivity contribution < 1.29 is 14.9 Å². The molecule has 1 rings (SSSR count). The van der Waals surface area contributed by atoms with E-state index in [4.69, 9.17) is 21.4 Å². The van der Waals surface area contributed by atoms with Gasteiger partial charge < -0.3 is 20.3 Å². The van der Waals surface area contributed by atoms with Gasteiger partial charge in [0.1, 0.15) is 5.75 Å². The Kier molecular flexibility index (Phi) is 5.71. The molecule has 0 heterocycles. The highest BCUT2D eigenvalue weighted by molar-refractivity contribution is 6.31. The average molecular weight is 260 g/mol. The van der Waals surface area contributed by atoms with Crippen molar-refractivity contribution in [2.24, 2.45) is 0 Å². The van der Waals surface area contributed by atoms with Gasteiger partial charge in [-0.1, -0.05) is 11.6 Å². The second-order valence-electron chi connectivity index (χ2n) is 3.88. The molecule has 3 N–H and O–H groups in total. The van der Waals surface area contributed by atoms with E-state index in [-0.39, 0.29) is 6.61 Å². The molecule has 5 heteroatoms. The first-order valence-corrected chi connectivity index (χ1v) is 5.79. The molecule has 0 aromatic heterocycles. The largest absolute Gasteiger partial charge is 0.496 e. The van der Waals surface area contributed by atoms with Crippen LogP contribution in [0.5, 0.6) is 5.75 Å². The lowest BCUT2D eigenvalue weighted by Crippen LogP contribution is -2.29. The molecule has 4 nitrogen and oxygen atoms in total. The highest BCUT2D eigenvalue weighted by Crippen LogP contribution is 2.26. The molecule has 17 heavy (non-hydrogen) atoms. The maximum atomic E-state index is 9.19. The van der Waals surface area contributed by atoms with Gasteiger partial charge >= 0.3 is 0 Å². The van der Waals surface area contributed by atoms with E-state index in [2.05, 4.69) is 5.32 Å². The molecule has 1 unspecified atom stereocenters. The number of aliphatic hydroxyl groups is 2. The molecule has 0 aliphatic rings. The number of halogens is 1. The minimum Gasteiger partial charge on any atom is -0.496 e. The summed E-state index contributed by atoms with van der Waals surface area (Å²) in [6.07, 6.45) is -0.748. The van der Waals surface area contributed by atoms with Gasteiger partial charge in [0.05, 0.1) is 19.8 Å². The van der Waals surface area contributed by atoms with Gasteiger partial charge in [0, 0.05) is 23.7 Å². The van der Waals surface area contributed by atoms with Crippen LogP contribution in [0, 0.1) is 6.92 Å². The van der Waals surface area contributed by atoms with Gasteiger partial charge in [-0.15, -0.1) is 0 Å². The number of rotatable bonds is 6. The van der Waals surface area contributed by atoms with Crippen molar-refractivity contribution in [3.63, 3.8) is 0 Å². The maximum absolute atomic E-state index is 9.19. The summed E-state index contributed by atoms with van der Waals surface area (Å²) in [5.41, 5.74) is 1.89. The van der Waals surface area contributed by atoms with Crippen LogP contribution in [0.4, 0.5) is 0 Å². The Labute approximate surface area is 106 Å². The predicted molar refractivity (Wildman–Crippen MR) is 67.5 cm³/mol. The molecule has 0 amide bonds. The van der Waals surface area contributed by atoms with Crippen molar-refractivity contribution in [2.45, 2.75) is 19.6 Å². The predicted octanol–water partition coefficient (Wildman–Crippen LogP) is 1.10. The summed E-state index contributed by atoms with van der Waals surface area (Å²) >= 11 is 6.04. The third kappa shape index (κ3) is 4.16. The summed E-state index contributed by atoms with van der Waals surface area (Å²) in [5.74, 6) is 0.762. The van der Waals surface area contributed by atoms with E-state index < -0.39 is 6.10 Å². The molecule has 0 bridgehead atoms. The third-order valence-electron chi connectivity index (χ3n) is 2.47. The van der Waals surface area contributed by atoms with E-state index in [1.54, 1.807) is 7.11 Å². The summed E-state index contributed by atoms with van der Waals surface area (Å²) in [5, 5.41) is 21.6. The normalized spacial score (nSPS) is 12.5. The average Bonchev–Trinajstić information content (AvgIpc) is 2.32. The molecule has 0 aliphatic heterocycles. The molecule has 0 radical (unpaired) electrons. The van der Waals surface area contributed by atoms with Crippen molar-refractivity contribution in [2.75, 3.05) is 20.3 Å². The smallest absolute Gasteiger partial charge is 0.123 e. The minimum atomic E-state index is -0.748. The molecule has 96 valence electrons. The van der Waals surface area contributed by atoms with Gasteiger partial charge in [-0.3, -0.25) is 0 Å². The molecule has 0 saturated heterocycles. The molecular formula is C12H18ClNO3. The maximum Gasteiger partial charge on any atom is 0.123 e. The molecule has 0 aliphatic carbocycles. The number of ether oxygens (including phenoxy) is 1. The van der Waals surface area contributed by atoms with Crippen LogP contribution >= 0.6 is 11.6 Å². The quantitative estimate of drug-likeness (QED) is 0.716. The second-order valence-corrected chi connectivity index (χ2v) is 4.29. The zero-order valence-corrected chi connectivity index (χ0v) is 10.8. The minimum absolute atomic E-state index is 0.251. The van der Waals surface area contributed by atoms with E-state index >= 15 is 0 Å². The SMILES string of the molecule is COc1cc(C)c(Cl)cc1CNCC(O)CO. The lowest BCUT2D eigenvalue weighted by Gasteiger charge is -2.13. The van der Waals surface area contributed by atoms with E-state index in [0.717, 1.165) is 16.9 Å². The zero-order valence-electron chi connectivity index (χ0n) is 10.0. The Morgan fingerprint density at radius 3 is 2.76 bits per heavy atom. The van der Waals surface area contributed by atoms with Gasteiger partial charge in [-0.25, -0.2) is 0 Å². The first kappa shape index (κ1) is 14.3. The number of methoxy groups -OCH3 is 1. The van der Waals surface area contributed by atoms with E-state index in [1.165, 1.54) is 0 Å². The van der Waals surface area contributed by atoms with Gasteiger partial charge in [-0.05, 0) is 24.6 Å². The summed E-state index contributed by atoms with van der Waals surface area (Å²) in [4.78, 5) is 0. The van der Waals surface area contributed by atoms with Crippen LogP contribution in [-0.2, 0) is 6.54 Å².